The molecule has 7 nitrogen and oxygen atoms in total. The number of aromatic hydroxyl groups is 1. The molecule has 9 heteroatoms. The highest BCUT2D eigenvalue weighted by atomic mass is 32.2. The van der Waals surface area contributed by atoms with Crippen LogP contribution in [0.3, 0.4) is 0 Å². The van der Waals surface area contributed by atoms with Gasteiger partial charge in [-0.1, -0.05) is 6.07 Å². The molecule has 0 radical (unpaired) electrons. The van der Waals surface area contributed by atoms with Crippen LogP contribution in [0.4, 0.5) is 4.39 Å². The van der Waals surface area contributed by atoms with Crippen LogP contribution in [0.25, 0.3) is 5.57 Å². The van der Waals surface area contributed by atoms with Crippen molar-refractivity contribution in [1.82, 2.24) is 5.32 Å². The Bertz CT molecular complexity index is 746. The maximum absolute atomic E-state index is 13.1. The molecule has 1 amide bonds. The molecule has 132 valence electrons. The van der Waals surface area contributed by atoms with Gasteiger partial charge in [0.1, 0.15) is 11.9 Å². The Labute approximate surface area is 138 Å². The predicted molar refractivity (Wildman–Crippen MR) is 84.3 cm³/mol. The summed E-state index contributed by atoms with van der Waals surface area (Å²) >= 11 is 0. The fourth-order valence-corrected chi connectivity index (χ4v) is 3.69. The Balaban J connectivity index is 1.92. The van der Waals surface area contributed by atoms with Crippen LogP contribution in [-0.2, 0) is 19.4 Å². The second-order valence-corrected chi connectivity index (χ2v) is 7.51. The third kappa shape index (κ3) is 4.93. The largest absolute Gasteiger partial charge is 0.505 e. The van der Waals surface area contributed by atoms with Crippen molar-refractivity contribution in [1.29, 1.82) is 0 Å². The summed E-state index contributed by atoms with van der Waals surface area (Å²) in [5.74, 6) is -2.94. The summed E-state index contributed by atoms with van der Waals surface area (Å²) in [4.78, 5) is 11.4. The highest BCUT2D eigenvalue weighted by Gasteiger charge is 2.27. The van der Waals surface area contributed by atoms with E-state index in [1.54, 1.807) is 0 Å². The molecule has 1 aromatic carbocycles. The van der Waals surface area contributed by atoms with Crippen LogP contribution in [0.1, 0.15) is 12.0 Å². The fourth-order valence-electron chi connectivity index (χ4n) is 2.30. The van der Waals surface area contributed by atoms with E-state index in [9.17, 15) is 22.7 Å². The molecule has 0 saturated heterocycles. The number of sulfone groups is 1. The number of ether oxygens (including phenoxy) is 1. The number of phenols is 1. The number of aliphatic hydroxyl groups excluding tert-OH is 1. The number of aliphatic hydroxyl groups is 1. The van der Waals surface area contributed by atoms with E-state index >= 15 is 0 Å². The first kappa shape index (κ1) is 18.2. The average molecular weight is 359 g/mol. The Morgan fingerprint density at radius 3 is 2.83 bits per heavy atom. The van der Waals surface area contributed by atoms with Crippen molar-refractivity contribution < 1.29 is 32.6 Å². The van der Waals surface area contributed by atoms with Gasteiger partial charge in [0, 0.05) is 13.0 Å². The van der Waals surface area contributed by atoms with E-state index in [2.05, 4.69) is 5.32 Å². The van der Waals surface area contributed by atoms with Gasteiger partial charge in [0.15, 0.2) is 21.4 Å². The third-order valence-electron chi connectivity index (χ3n) is 3.39. The first-order valence-corrected chi connectivity index (χ1v) is 9.04. The van der Waals surface area contributed by atoms with Crippen LogP contribution in [0.5, 0.6) is 5.75 Å². The summed E-state index contributed by atoms with van der Waals surface area (Å²) in [5, 5.41) is 20.2. The van der Waals surface area contributed by atoms with Crippen molar-refractivity contribution in [2.24, 2.45) is 0 Å². The zero-order valence-corrected chi connectivity index (χ0v) is 13.6. The van der Waals surface area contributed by atoms with Crippen molar-refractivity contribution in [2.75, 3.05) is 24.7 Å². The molecular weight excluding hydrogens is 341 g/mol. The van der Waals surface area contributed by atoms with Gasteiger partial charge in [0.25, 0.3) is 0 Å². The zero-order valence-electron chi connectivity index (χ0n) is 12.7. The van der Waals surface area contributed by atoms with Gasteiger partial charge in [-0.05, 0) is 23.3 Å². The molecule has 3 N–H and O–H groups in total. The van der Waals surface area contributed by atoms with Gasteiger partial charge in [-0.3, -0.25) is 4.79 Å². The molecule has 0 aromatic heterocycles. The fraction of sp³-hybridized carbons (Fsp3) is 0.400. The van der Waals surface area contributed by atoms with E-state index in [0.717, 1.165) is 6.07 Å². The second kappa shape index (κ2) is 7.63. The molecule has 0 aliphatic carbocycles. The van der Waals surface area contributed by atoms with Gasteiger partial charge in [0.2, 0.25) is 5.91 Å². The van der Waals surface area contributed by atoms with Crippen molar-refractivity contribution in [3.8, 4) is 5.75 Å². The highest BCUT2D eigenvalue weighted by Crippen LogP contribution is 2.30. The lowest BCUT2D eigenvalue weighted by atomic mass is 10.0. The molecule has 1 unspecified atom stereocenters. The molecule has 1 aromatic rings. The molecule has 0 spiro atoms. The van der Waals surface area contributed by atoms with Gasteiger partial charge >= 0.3 is 0 Å². The van der Waals surface area contributed by atoms with E-state index in [1.165, 1.54) is 18.4 Å². The average Bonchev–Trinajstić information content (AvgIpc) is 2.95. The minimum Gasteiger partial charge on any atom is -0.505 e. The van der Waals surface area contributed by atoms with Gasteiger partial charge in [0.05, 0.1) is 18.6 Å². The SMILES string of the molecule is O=C(CS(=O)(=O)CC1CC(c2ccc(F)c(O)c2)=CO1)NCCO. The van der Waals surface area contributed by atoms with Crippen molar-refractivity contribution >= 4 is 21.3 Å². The molecule has 1 aliphatic rings. The topological polar surface area (TPSA) is 113 Å². The number of phenolic OH excluding ortho intramolecular Hbond substituents is 1. The van der Waals surface area contributed by atoms with Gasteiger partial charge in [-0.2, -0.15) is 0 Å². The van der Waals surface area contributed by atoms with Crippen molar-refractivity contribution in [3.05, 3.63) is 35.8 Å². The predicted octanol–water partition coefficient (Wildman–Crippen LogP) is 0.184. The Morgan fingerprint density at radius 2 is 2.17 bits per heavy atom. The minimum atomic E-state index is -3.68. The number of hydrogen-bond acceptors (Lipinski definition) is 6. The lowest BCUT2D eigenvalue weighted by Crippen LogP contribution is -2.35. The molecule has 0 saturated carbocycles. The first-order chi connectivity index (χ1) is 11.3. The second-order valence-electron chi connectivity index (χ2n) is 5.40. The lowest BCUT2D eigenvalue weighted by molar-refractivity contribution is -0.118. The van der Waals surface area contributed by atoms with Crippen molar-refractivity contribution in [3.63, 3.8) is 0 Å². The Hall–Kier alpha value is -2.13. The summed E-state index contributed by atoms with van der Waals surface area (Å²) in [6, 6.07) is 3.81. The van der Waals surface area contributed by atoms with Crippen LogP contribution in [0.2, 0.25) is 0 Å². The summed E-state index contributed by atoms with van der Waals surface area (Å²) in [7, 11) is -3.68. The number of halogens is 1. The normalized spacial score (nSPS) is 17.2. The molecule has 0 fully saturated rings. The van der Waals surface area contributed by atoms with E-state index < -0.39 is 39.2 Å². The smallest absolute Gasteiger partial charge is 0.235 e. The number of carbonyl (C=O) groups excluding carboxylic acids is 1. The molecule has 1 heterocycles. The summed E-state index contributed by atoms with van der Waals surface area (Å²) in [6.07, 6.45) is 0.990. The van der Waals surface area contributed by atoms with E-state index in [-0.39, 0.29) is 25.3 Å². The van der Waals surface area contributed by atoms with E-state index in [4.69, 9.17) is 9.84 Å². The summed E-state index contributed by atoms with van der Waals surface area (Å²) in [5.41, 5.74) is 1.17. The first-order valence-electron chi connectivity index (χ1n) is 7.22. The number of hydrogen-bond donors (Lipinski definition) is 3. The van der Waals surface area contributed by atoms with Crippen molar-refractivity contribution in [2.45, 2.75) is 12.5 Å². The summed E-state index contributed by atoms with van der Waals surface area (Å²) < 4.78 is 42.3. The maximum Gasteiger partial charge on any atom is 0.235 e. The quantitative estimate of drug-likeness (QED) is 0.640. The Kier molecular flexibility index (Phi) is 5.79. The molecule has 2 rings (SSSR count). The summed E-state index contributed by atoms with van der Waals surface area (Å²) in [6.45, 7) is -0.274. The van der Waals surface area contributed by atoms with E-state index in [0.29, 0.717) is 11.1 Å². The van der Waals surface area contributed by atoms with Crippen LogP contribution in [-0.4, -0.2) is 55.3 Å². The molecular formula is C15H18FNO6S. The van der Waals surface area contributed by atoms with Gasteiger partial charge in [-0.25, -0.2) is 12.8 Å². The maximum atomic E-state index is 13.1. The molecule has 24 heavy (non-hydrogen) atoms. The Morgan fingerprint density at radius 1 is 1.42 bits per heavy atom. The minimum absolute atomic E-state index is 0.00591. The number of carbonyl (C=O) groups is 1. The third-order valence-corrected chi connectivity index (χ3v) is 4.97. The number of benzene rings is 1. The van der Waals surface area contributed by atoms with E-state index in [1.807, 2.05) is 0 Å². The van der Waals surface area contributed by atoms with Crippen LogP contribution in [0.15, 0.2) is 24.5 Å². The number of rotatable bonds is 7. The lowest BCUT2D eigenvalue weighted by Gasteiger charge is -2.11. The van der Waals surface area contributed by atoms with Gasteiger partial charge < -0.3 is 20.3 Å². The molecule has 1 aliphatic heterocycles. The zero-order chi connectivity index (χ0) is 17.7. The molecule has 1 atom stereocenters. The number of amides is 1. The van der Waals surface area contributed by atoms with Crippen LogP contribution in [0, 0.1) is 5.82 Å². The molecule has 0 bridgehead atoms. The standard InChI is InChI=1S/C15H18FNO6S/c16-13-2-1-10(6-14(13)19)11-5-12(23-7-11)8-24(21,22)9-15(20)17-3-4-18/h1-2,6-7,12,18-19H,3-5,8-9H2,(H,17,20). The monoisotopic (exact) mass is 359 g/mol. The highest BCUT2D eigenvalue weighted by molar-refractivity contribution is 7.92. The van der Waals surface area contributed by atoms with Gasteiger partial charge in [-0.15, -0.1) is 0 Å². The van der Waals surface area contributed by atoms with Crippen LogP contribution >= 0.6 is 0 Å². The van der Waals surface area contributed by atoms with Crippen LogP contribution < -0.4 is 5.32 Å². The number of nitrogens with one attached hydrogen (secondary N) is 1.